The number of carbonyl (C=O) groups excluding carboxylic acids is 1. The van der Waals surface area contributed by atoms with Gasteiger partial charge in [-0.3, -0.25) is 9.69 Å². The van der Waals surface area contributed by atoms with Gasteiger partial charge in [-0.25, -0.2) is 8.78 Å². The number of amides is 1. The van der Waals surface area contributed by atoms with Crippen LogP contribution >= 0.6 is 0 Å². The van der Waals surface area contributed by atoms with Crippen LogP contribution in [0.2, 0.25) is 0 Å². The smallest absolute Gasteiger partial charge is 0.251 e. The molecule has 0 saturated carbocycles. The van der Waals surface area contributed by atoms with Gasteiger partial charge in [-0.2, -0.15) is 0 Å². The third-order valence-corrected chi connectivity index (χ3v) is 4.30. The van der Waals surface area contributed by atoms with Gasteiger partial charge in [0.1, 0.15) is 11.8 Å². The van der Waals surface area contributed by atoms with Crippen molar-refractivity contribution in [2.24, 2.45) is 0 Å². The van der Waals surface area contributed by atoms with E-state index < -0.39 is 17.7 Å². The number of halogens is 2. The molecule has 2 aliphatic rings. The predicted octanol–water partition coefficient (Wildman–Crippen LogP) is 2.48. The molecule has 2 saturated heterocycles. The zero-order valence-electron chi connectivity index (χ0n) is 13.6. The molecule has 2 heterocycles. The summed E-state index contributed by atoms with van der Waals surface area (Å²) < 4.78 is 32.2. The summed E-state index contributed by atoms with van der Waals surface area (Å²) in [5.41, 5.74) is -0.766. The molecule has 0 N–H and O–H groups in total. The number of alkyl halides is 2. The zero-order chi connectivity index (χ0) is 16.1. The summed E-state index contributed by atoms with van der Waals surface area (Å²) in [4.78, 5) is 16.3. The fourth-order valence-corrected chi connectivity index (χ4v) is 3.52. The first kappa shape index (κ1) is 16.6. The normalized spacial score (nSPS) is 29.7. The summed E-state index contributed by atoms with van der Waals surface area (Å²) in [6.07, 6.45) is -0.490. The van der Waals surface area contributed by atoms with Gasteiger partial charge in [0, 0.05) is 31.5 Å². The molecule has 0 radical (unpaired) electrons. The molecule has 0 aromatic rings. The first-order chi connectivity index (χ1) is 9.44. The molecule has 1 amide bonds. The molecule has 0 spiro atoms. The Morgan fingerprint density at radius 1 is 1.19 bits per heavy atom. The van der Waals surface area contributed by atoms with Crippen LogP contribution in [-0.2, 0) is 9.53 Å². The Morgan fingerprint density at radius 2 is 1.71 bits per heavy atom. The maximum Gasteiger partial charge on any atom is 0.251 e. The zero-order valence-corrected chi connectivity index (χ0v) is 13.6. The Kier molecular flexibility index (Phi) is 4.08. The van der Waals surface area contributed by atoms with Gasteiger partial charge < -0.3 is 9.64 Å². The van der Waals surface area contributed by atoms with E-state index in [1.165, 1.54) is 0 Å². The molecule has 122 valence electrons. The third kappa shape index (κ3) is 3.37. The largest absolute Gasteiger partial charge is 0.359 e. The Balaban J connectivity index is 2.12. The van der Waals surface area contributed by atoms with E-state index >= 15 is 0 Å². The van der Waals surface area contributed by atoms with E-state index in [-0.39, 0.29) is 37.4 Å². The summed E-state index contributed by atoms with van der Waals surface area (Å²) >= 11 is 0. The first-order valence-corrected chi connectivity index (χ1v) is 7.54. The van der Waals surface area contributed by atoms with Crippen molar-refractivity contribution >= 4 is 5.91 Å². The molecule has 0 aliphatic carbocycles. The van der Waals surface area contributed by atoms with Crippen LogP contribution in [0.3, 0.4) is 0 Å². The van der Waals surface area contributed by atoms with Gasteiger partial charge >= 0.3 is 0 Å². The Bertz CT molecular complexity index is 408. The molecule has 2 rings (SSSR count). The fourth-order valence-electron chi connectivity index (χ4n) is 3.52. The molecule has 1 atom stereocenters. The maximum absolute atomic E-state index is 13.2. The summed E-state index contributed by atoms with van der Waals surface area (Å²) in [6, 6.07) is -0.397. The lowest BCUT2D eigenvalue weighted by Gasteiger charge is -2.44. The number of hydrogen-bond acceptors (Lipinski definition) is 3. The number of piperidine rings is 1. The number of carbonyl (C=O) groups is 1. The lowest BCUT2D eigenvalue weighted by Crippen LogP contribution is -2.59. The van der Waals surface area contributed by atoms with Crippen LogP contribution in [-0.4, -0.2) is 58.6 Å². The average Bonchev–Trinajstić information content (AvgIpc) is 2.63. The molecule has 21 heavy (non-hydrogen) atoms. The highest BCUT2D eigenvalue weighted by Crippen LogP contribution is 2.36. The van der Waals surface area contributed by atoms with Crippen molar-refractivity contribution in [3.05, 3.63) is 0 Å². The minimum absolute atomic E-state index is 0.0917. The van der Waals surface area contributed by atoms with Gasteiger partial charge in [0.25, 0.3) is 5.92 Å². The van der Waals surface area contributed by atoms with E-state index in [0.29, 0.717) is 6.61 Å². The quantitative estimate of drug-likeness (QED) is 0.746. The van der Waals surface area contributed by atoms with Gasteiger partial charge in [0.2, 0.25) is 5.91 Å². The molecule has 0 bridgehead atoms. The molecule has 4 nitrogen and oxygen atoms in total. The van der Waals surface area contributed by atoms with E-state index in [2.05, 4.69) is 4.90 Å². The fraction of sp³-hybridized carbons (Fsp3) is 0.933. The van der Waals surface area contributed by atoms with E-state index in [0.717, 1.165) is 0 Å². The molecule has 2 aliphatic heterocycles. The summed E-state index contributed by atoms with van der Waals surface area (Å²) in [5, 5.41) is 0. The van der Waals surface area contributed by atoms with Crippen LogP contribution in [0.25, 0.3) is 0 Å². The van der Waals surface area contributed by atoms with Crippen molar-refractivity contribution < 1.29 is 18.3 Å². The predicted molar refractivity (Wildman–Crippen MR) is 76.2 cm³/mol. The van der Waals surface area contributed by atoms with Crippen molar-refractivity contribution in [2.75, 3.05) is 19.7 Å². The van der Waals surface area contributed by atoms with E-state index in [1.807, 2.05) is 34.6 Å². The Morgan fingerprint density at radius 3 is 2.19 bits per heavy atom. The monoisotopic (exact) mass is 304 g/mol. The topological polar surface area (TPSA) is 32.8 Å². The van der Waals surface area contributed by atoms with Crippen LogP contribution in [0.4, 0.5) is 8.78 Å². The lowest BCUT2D eigenvalue weighted by atomic mass is 9.99. The van der Waals surface area contributed by atoms with Crippen molar-refractivity contribution in [2.45, 2.75) is 70.7 Å². The van der Waals surface area contributed by atoms with Gasteiger partial charge in [0.15, 0.2) is 0 Å². The van der Waals surface area contributed by atoms with E-state index in [1.54, 1.807) is 4.90 Å². The molecule has 0 aromatic carbocycles. The van der Waals surface area contributed by atoms with Crippen LogP contribution in [0, 0.1) is 0 Å². The highest BCUT2D eigenvalue weighted by atomic mass is 19.3. The minimum Gasteiger partial charge on any atom is -0.359 e. The lowest BCUT2D eigenvalue weighted by molar-refractivity contribution is -0.147. The molecule has 6 heteroatoms. The van der Waals surface area contributed by atoms with Gasteiger partial charge in [-0.05, 0) is 34.6 Å². The van der Waals surface area contributed by atoms with Gasteiger partial charge in [-0.1, -0.05) is 0 Å². The second-order valence-corrected chi connectivity index (χ2v) is 7.50. The van der Waals surface area contributed by atoms with E-state index in [4.69, 9.17) is 4.74 Å². The SMILES string of the molecule is CC(C)(C)N1[C@H](C(=O)N2CCC(F)(F)CC2)COC1(C)C. The average molecular weight is 304 g/mol. The highest BCUT2D eigenvalue weighted by Gasteiger charge is 2.50. The van der Waals surface area contributed by atoms with Crippen LogP contribution in [0.15, 0.2) is 0 Å². The van der Waals surface area contributed by atoms with Crippen molar-refractivity contribution in [1.82, 2.24) is 9.80 Å². The molecule has 2 fully saturated rings. The van der Waals surface area contributed by atoms with E-state index in [9.17, 15) is 13.6 Å². The molecular weight excluding hydrogens is 278 g/mol. The molecule has 0 unspecified atom stereocenters. The van der Waals surface area contributed by atoms with Crippen LogP contribution in [0.5, 0.6) is 0 Å². The van der Waals surface area contributed by atoms with Crippen LogP contribution in [0.1, 0.15) is 47.5 Å². The standard InChI is InChI=1S/C15H26F2N2O2/c1-13(2,3)19-11(10-21-14(19,4)5)12(20)18-8-6-15(16,17)7-9-18/h11H,6-10H2,1-5H3/t11-/m0/s1. The van der Waals surface area contributed by atoms with Crippen LogP contribution < -0.4 is 0 Å². The number of ether oxygens (including phenoxy) is 1. The van der Waals surface area contributed by atoms with Gasteiger partial charge in [-0.15, -0.1) is 0 Å². The molecule has 0 aromatic heterocycles. The first-order valence-electron chi connectivity index (χ1n) is 7.54. The van der Waals surface area contributed by atoms with Crippen molar-refractivity contribution in [3.63, 3.8) is 0 Å². The highest BCUT2D eigenvalue weighted by molar-refractivity contribution is 5.82. The molecular formula is C15H26F2N2O2. The number of likely N-dealkylation sites (tertiary alicyclic amines) is 1. The summed E-state index contributed by atoms with van der Waals surface area (Å²) in [5.74, 6) is -2.72. The third-order valence-electron chi connectivity index (χ3n) is 4.30. The van der Waals surface area contributed by atoms with Gasteiger partial charge in [0.05, 0.1) is 6.61 Å². The Hall–Kier alpha value is -0.750. The summed E-state index contributed by atoms with van der Waals surface area (Å²) in [6.45, 7) is 10.6. The second-order valence-electron chi connectivity index (χ2n) is 7.50. The number of hydrogen-bond donors (Lipinski definition) is 0. The van der Waals surface area contributed by atoms with Crippen molar-refractivity contribution in [3.8, 4) is 0 Å². The van der Waals surface area contributed by atoms with Crippen molar-refractivity contribution in [1.29, 1.82) is 0 Å². The number of nitrogens with zero attached hydrogens (tertiary/aromatic N) is 2. The second kappa shape index (κ2) is 5.16. The Labute approximate surface area is 125 Å². The maximum atomic E-state index is 13.2. The number of rotatable bonds is 1. The summed E-state index contributed by atoms with van der Waals surface area (Å²) in [7, 11) is 0. The minimum atomic E-state index is -2.63.